The lowest BCUT2D eigenvalue weighted by Crippen LogP contribution is -2.25. The average Bonchev–Trinajstić information content (AvgIpc) is 3.06. The Labute approximate surface area is 144 Å². The van der Waals surface area contributed by atoms with Crippen LogP contribution in [0.25, 0.3) is 0 Å². The summed E-state index contributed by atoms with van der Waals surface area (Å²) >= 11 is 0. The molecule has 0 fully saturated rings. The zero-order valence-corrected chi connectivity index (χ0v) is 13.4. The molecule has 1 aliphatic heterocycles. The highest BCUT2D eigenvalue weighted by Crippen LogP contribution is 2.33. The summed E-state index contributed by atoms with van der Waals surface area (Å²) in [6, 6.07) is 13.0. The van der Waals surface area contributed by atoms with Crippen molar-refractivity contribution in [2.75, 3.05) is 12.4 Å². The molecule has 0 unspecified atom stereocenters. The summed E-state index contributed by atoms with van der Waals surface area (Å²) in [5.74, 6) is 0.175. The molecule has 0 saturated carbocycles. The third kappa shape index (κ3) is 3.60. The molecule has 2 aromatic rings. The number of benzene rings is 2. The van der Waals surface area contributed by atoms with E-state index in [0.29, 0.717) is 17.0 Å². The van der Waals surface area contributed by atoms with Gasteiger partial charge in [0.25, 0.3) is 5.69 Å². The zero-order valence-electron chi connectivity index (χ0n) is 13.4. The van der Waals surface area contributed by atoms with Gasteiger partial charge >= 0.3 is 5.97 Å². The summed E-state index contributed by atoms with van der Waals surface area (Å²) in [7, 11) is 1.55. The van der Waals surface area contributed by atoms with Crippen LogP contribution < -0.4 is 10.1 Å². The number of carbonyl (C=O) groups is 1. The number of nitro benzene ring substituents is 1. The van der Waals surface area contributed by atoms with Crippen LogP contribution in [-0.2, 0) is 9.53 Å². The van der Waals surface area contributed by atoms with Crippen LogP contribution in [0.3, 0.4) is 0 Å². The zero-order chi connectivity index (χ0) is 17.8. The van der Waals surface area contributed by atoms with Gasteiger partial charge in [0.1, 0.15) is 11.9 Å². The number of ether oxygens (including phenoxy) is 2. The molecular weight excluding hydrogens is 324 g/mol. The second-order valence-electron chi connectivity index (χ2n) is 5.44. The molecule has 1 aliphatic rings. The molecule has 0 radical (unpaired) electrons. The van der Waals surface area contributed by atoms with Crippen molar-refractivity contribution in [1.82, 2.24) is 0 Å². The maximum Gasteiger partial charge on any atom is 0.331 e. The van der Waals surface area contributed by atoms with Gasteiger partial charge in [0.15, 0.2) is 0 Å². The van der Waals surface area contributed by atoms with Crippen LogP contribution in [0.15, 0.2) is 60.7 Å². The molecule has 3 rings (SSSR count). The Kier molecular flexibility index (Phi) is 4.65. The SMILES string of the molecule is COc1ccccc1N[C@@H](c1cccc([N+](=O)[O-])c1)[C@H]1C=CC(=O)O1. The van der Waals surface area contributed by atoms with E-state index in [1.807, 2.05) is 18.2 Å². The van der Waals surface area contributed by atoms with E-state index in [4.69, 9.17) is 9.47 Å². The largest absolute Gasteiger partial charge is 0.495 e. The van der Waals surface area contributed by atoms with Gasteiger partial charge in [-0.1, -0.05) is 24.3 Å². The van der Waals surface area contributed by atoms with Crippen LogP contribution in [0, 0.1) is 10.1 Å². The Morgan fingerprint density at radius 1 is 1.24 bits per heavy atom. The van der Waals surface area contributed by atoms with Crippen LogP contribution >= 0.6 is 0 Å². The van der Waals surface area contributed by atoms with Crippen molar-refractivity contribution in [3.05, 3.63) is 76.4 Å². The number of cyclic esters (lactones) is 1. The lowest BCUT2D eigenvalue weighted by molar-refractivity contribution is -0.384. The fourth-order valence-electron chi connectivity index (χ4n) is 2.68. The number of esters is 1. The van der Waals surface area contributed by atoms with Gasteiger partial charge in [-0.2, -0.15) is 0 Å². The highest BCUT2D eigenvalue weighted by atomic mass is 16.6. The van der Waals surface area contributed by atoms with E-state index in [2.05, 4.69) is 5.32 Å². The minimum Gasteiger partial charge on any atom is -0.495 e. The number of anilines is 1. The van der Waals surface area contributed by atoms with Crippen molar-refractivity contribution >= 4 is 17.3 Å². The van der Waals surface area contributed by atoms with Crippen molar-refractivity contribution in [2.24, 2.45) is 0 Å². The van der Waals surface area contributed by atoms with Crippen LogP contribution in [0.4, 0.5) is 11.4 Å². The summed E-state index contributed by atoms with van der Waals surface area (Å²) < 4.78 is 10.6. The molecule has 0 saturated heterocycles. The first-order valence-corrected chi connectivity index (χ1v) is 7.61. The van der Waals surface area contributed by atoms with Crippen LogP contribution in [0.1, 0.15) is 11.6 Å². The molecule has 0 bridgehead atoms. The topological polar surface area (TPSA) is 90.7 Å². The second kappa shape index (κ2) is 7.04. The minimum absolute atomic E-state index is 0.0300. The first-order valence-electron chi connectivity index (χ1n) is 7.61. The van der Waals surface area contributed by atoms with Crippen molar-refractivity contribution in [1.29, 1.82) is 0 Å². The third-order valence-electron chi connectivity index (χ3n) is 3.86. The molecule has 7 heteroatoms. The molecule has 2 atom stereocenters. The van der Waals surface area contributed by atoms with Crippen molar-refractivity contribution in [2.45, 2.75) is 12.1 Å². The van der Waals surface area contributed by atoms with Gasteiger partial charge in [-0.25, -0.2) is 4.79 Å². The van der Waals surface area contributed by atoms with E-state index in [1.54, 1.807) is 31.4 Å². The summed E-state index contributed by atoms with van der Waals surface area (Å²) in [6.07, 6.45) is 2.40. The normalized spacial score (nSPS) is 17.0. The first kappa shape index (κ1) is 16.5. The number of para-hydroxylation sites is 2. The van der Waals surface area contributed by atoms with Crippen molar-refractivity contribution in [3.8, 4) is 5.75 Å². The Morgan fingerprint density at radius 3 is 2.72 bits per heavy atom. The lowest BCUT2D eigenvalue weighted by Gasteiger charge is -2.25. The Bertz CT molecular complexity index is 834. The standard InChI is InChI=1S/C18H16N2O5/c1-24-15-8-3-2-7-14(15)19-18(16-9-10-17(21)25-16)12-5-4-6-13(11-12)20(22)23/h2-11,16,18-19H,1H3/t16-,18+/m1/s1. The second-order valence-corrected chi connectivity index (χ2v) is 5.44. The number of methoxy groups -OCH3 is 1. The number of hydrogen-bond donors (Lipinski definition) is 1. The maximum atomic E-state index is 11.5. The molecule has 1 heterocycles. The summed E-state index contributed by atoms with van der Waals surface area (Å²) in [5.41, 5.74) is 1.29. The predicted molar refractivity (Wildman–Crippen MR) is 91.5 cm³/mol. The fraction of sp³-hybridized carbons (Fsp3) is 0.167. The van der Waals surface area contributed by atoms with Crippen LogP contribution in [-0.4, -0.2) is 24.1 Å². The monoisotopic (exact) mass is 340 g/mol. The quantitative estimate of drug-likeness (QED) is 0.493. The van der Waals surface area contributed by atoms with Crippen molar-refractivity contribution in [3.63, 3.8) is 0 Å². The van der Waals surface area contributed by atoms with Crippen LogP contribution in [0.2, 0.25) is 0 Å². The minimum atomic E-state index is -0.584. The van der Waals surface area contributed by atoms with E-state index < -0.39 is 23.0 Å². The van der Waals surface area contributed by atoms with E-state index in [1.165, 1.54) is 18.2 Å². The van der Waals surface area contributed by atoms with Gasteiger partial charge in [0.2, 0.25) is 0 Å². The molecule has 0 spiro atoms. The van der Waals surface area contributed by atoms with E-state index >= 15 is 0 Å². The predicted octanol–water partition coefficient (Wildman–Crippen LogP) is 3.24. The van der Waals surface area contributed by atoms with Gasteiger partial charge in [0, 0.05) is 18.2 Å². The van der Waals surface area contributed by atoms with Gasteiger partial charge in [-0.3, -0.25) is 10.1 Å². The van der Waals surface area contributed by atoms with Gasteiger partial charge in [-0.15, -0.1) is 0 Å². The molecule has 1 N–H and O–H groups in total. The molecule has 128 valence electrons. The Balaban J connectivity index is 1.98. The molecule has 0 aromatic heterocycles. The summed E-state index contributed by atoms with van der Waals surface area (Å²) in [4.78, 5) is 22.1. The maximum absolute atomic E-state index is 11.5. The molecule has 7 nitrogen and oxygen atoms in total. The number of carbonyl (C=O) groups excluding carboxylic acids is 1. The summed E-state index contributed by atoms with van der Waals surface area (Å²) in [6.45, 7) is 0. The van der Waals surface area contributed by atoms with Gasteiger partial charge < -0.3 is 14.8 Å². The molecule has 2 aromatic carbocycles. The number of hydrogen-bond acceptors (Lipinski definition) is 6. The van der Waals surface area contributed by atoms with Gasteiger partial charge in [0.05, 0.1) is 23.8 Å². The number of nitrogens with zero attached hydrogens (tertiary/aromatic N) is 1. The summed E-state index contributed by atoms with van der Waals surface area (Å²) in [5, 5.41) is 14.3. The first-order chi connectivity index (χ1) is 12.1. The van der Waals surface area contributed by atoms with Gasteiger partial charge in [-0.05, 0) is 23.8 Å². The molecular formula is C18H16N2O5. The van der Waals surface area contributed by atoms with E-state index in [9.17, 15) is 14.9 Å². The number of non-ortho nitro benzene ring substituents is 1. The fourth-order valence-corrected chi connectivity index (χ4v) is 2.68. The van der Waals surface area contributed by atoms with Crippen LogP contribution in [0.5, 0.6) is 5.75 Å². The smallest absolute Gasteiger partial charge is 0.331 e. The Hall–Kier alpha value is -3.35. The molecule has 25 heavy (non-hydrogen) atoms. The molecule has 0 aliphatic carbocycles. The van der Waals surface area contributed by atoms with E-state index in [0.717, 1.165) is 0 Å². The number of rotatable bonds is 6. The third-order valence-corrected chi connectivity index (χ3v) is 3.86. The van der Waals surface area contributed by atoms with Crippen molar-refractivity contribution < 1.29 is 19.2 Å². The highest BCUT2D eigenvalue weighted by molar-refractivity contribution is 5.84. The highest BCUT2D eigenvalue weighted by Gasteiger charge is 2.29. The van der Waals surface area contributed by atoms with E-state index in [-0.39, 0.29) is 5.69 Å². The Morgan fingerprint density at radius 2 is 2.04 bits per heavy atom. The molecule has 0 amide bonds. The number of nitrogens with one attached hydrogen (secondary N) is 1. The lowest BCUT2D eigenvalue weighted by atomic mass is 10.00. The number of nitro groups is 1. The average molecular weight is 340 g/mol.